The predicted octanol–water partition coefficient (Wildman–Crippen LogP) is 3.35. The number of carbonyl (C=O) groups excluding carboxylic acids is 1. The zero-order chi connectivity index (χ0) is 18.1. The second-order valence-corrected chi connectivity index (χ2v) is 8.79. The molecule has 1 amide bonds. The van der Waals surface area contributed by atoms with Crippen molar-refractivity contribution in [2.45, 2.75) is 58.5 Å². The first-order chi connectivity index (χ1) is 11.8. The lowest BCUT2D eigenvalue weighted by Crippen LogP contribution is -2.48. The third kappa shape index (κ3) is 4.17. The fourth-order valence-electron chi connectivity index (χ4n) is 3.97. The van der Waals surface area contributed by atoms with Crippen LogP contribution in [-0.4, -0.2) is 43.1 Å². The van der Waals surface area contributed by atoms with Gasteiger partial charge in [0.15, 0.2) is 6.10 Å². The maximum absolute atomic E-state index is 12.7. The average molecular weight is 344 g/mol. The SMILES string of the molecule is CC(Oc1ccc(C(C)(C)C)cc1)C(=O)N1CCC2(CCNC2)CC1. The number of hydrogen-bond acceptors (Lipinski definition) is 3. The normalized spacial score (nSPS) is 21.4. The Labute approximate surface area is 151 Å². The molecule has 4 nitrogen and oxygen atoms in total. The number of hydrogen-bond donors (Lipinski definition) is 1. The summed E-state index contributed by atoms with van der Waals surface area (Å²) in [5, 5.41) is 3.47. The molecule has 1 unspecified atom stereocenters. The van der Waals surface area contributed by atoms with E-state index in [-0.39, 0.29) is 11.3 Å². The first-order valence-electron chi connectivity index (χ1n) is 9.56. The van der Waals surface area contributed by atoms with Gasteiger partial charge in [-0.3, -0.25) is 4.79 Å². The molecule has 0 aliphatic carbocycles. The van der Waals surface area contributed by atoms with Gasteiger partial charge in [0.05, 0.1) is 0 Å². The van der Waals surface area contributed by atoms with Crippen molar-refractivity contribution in [2.75, 3.05) is 26.2 Å². The molecule has 1 spiro atoms. The lowest BCUT2D eigenvalue weighted by molar-refractivity contribution is -0.140. The summed E-state index contributed by atoms with van der Waals surface area (Å²) in [6, 6.07) is 8.12. The van der Waals surface area contributed by atoms with Crippen molar-refractivity contribution in [3.05, 3.63) is 29.8 Å². The van der Waals surface area contributed by atoms with Gasteiger partial charge in [-0.05, 0) is 61.3 Å². The van der Waals surface area contributed by atoms with Crippen LogP contribution in [0.25, 0.3) is 0 Å². The molecule has 2 heterocycles. The minimum absolute atomic E-state index is 0.112. The molecule has 0 saturated carbocycles. The molecule has 0 radical (unpaired) electrons. The topological polar surface area (TPSA) is 41.6 Å². The second-order valence-electron chi connectivity index (χ2n) is 8.79. The van der Waals surface area contributed by atoms with Gasteiger partial charge in [-0.2, -0.15) is 0 Å². The zero-order valence-electron chi connectivity index (χ0n) is 16.1. The summed E-state index contributed by atoms with van der Waals surface area (Å²) in [4.78, 5) is 14.7. The zero-order valence-corrected chi connectivity index (χ0v) is 16.1. The Morgan fingerprint density at radius 2 is 1.80 bits per heavy atom. The van der Waals surface area contributed by atoms with Crippen LogP contribution in [0.5, 0.6) is 5.75 Å². The highest BCUT2D eigenvalue weighted by Crippen LogP contribution is 2.37. The lowest BCUT2D eigenvalue weighted by atomic mass is 9.78. The van der Waals surface area contributed by atoms with Gasteiger partial charge in [-0.15, -0.1) is 0 Å². The Morgan fingerprint density at radius 1 is 1.16 bits per heavy atom. The van der Waals surface area contributed by atoms with E-state index in [4.69, 9.17) is 4.74 Å². The minimum Gasteiger partial charge on any atom is -0.481 e. The van der Waals surface area contributed by atoms with Gasteiger partial charge in [-0.25, -0.2) is 0 Å². The number of piperidine rings is 1. The average Bonchev–Trinajstić information content (AvgIpc) is 3.03. The number of ether oxygens (including phenoxy) is 1. The quantitative estimate of drug-likeness (QED) is 0.914. The Hall–Kier alpha value is -1.55. The maximum atomic E-state index is 12.7. The molecule has 2 aliphatic rings. The van der Waals surface area contributed by atoms with Crippen LogP contribution in [-0.2, 0) is 10.2 Å². The molecule has 0 aromatic heterocycles. The van der Waals surface area contributed by atoms with E-state index in [9.17, 15) is 4.79 Å². The van der Waals surface area contributed by atoms with E-state index in [1.54, 1.807) is 0 Å². The number of benzene rings is 1. The number of rotatable bonds is 3. The fourth-order valence-corrected chi connectivity index (χ4v) is 3.97. The highest BCUT2D eigenvalue weighted by atomic mass is 16.5. The van der Waals surface area contributed by atoms with Crippen LogP contribution >= 0.6 is 0 Å². The van der Waals surface area contributed by atoms with Gasteiger partial charge < -0.3 is 15.0 Å². The Bertz CT molecular complexity index is 587. The van der Waals surface area contributed by atoms with Crippen LogP contribution in [0.2, 0.25) is 0 Å². The van der Waals surface area contributed by atoms with Crippen LogP contribution in [0, 0.1) is 5.41 Å². The number of amides is 1. The summed E-state index contributed by atoms with van der Waals surface area (Å²) in [6.07, 6.45) is 3.04. The molecule has 1 aromatic carbocycles. The molecule has 2 fully saturated rings. The van der Waals surface area contributed by atoms with Gasteiger partial charge in [0.2, 0.25) is 0 Å². The summed E-state index contributed by atoms with van der Waals surface area (Å²) in [7, 11) is 0. The molecule has 0 bridgehead atoms. The molecular formula is C21H32N2O2. The Balaban J connectivity index is 1.54. The highest BCUT2D eigenvalue weighted by molar-refractivity contribution is 5.81. The standard InChI is InChI=1S/C21H32N2O2/c1-16(25-18-7-5-17(6-8-18)20(2,3)4)19(24)23-13-10-21(11-14-23)9-12-22-15-21/h5-8,16,22H,9-15H2,1-4H3. The first-order valence-corrected chi connectivity index (χ1v) is 9.56. The molecule has 2 aliphatic heterocycles. The van der Waals surface area contributed by atoms with E-state index in [1.807, 2.05) is 24.0 Å². The van der Waals surface area contributed by atoms with Crippen molar-refractivity contribution in [1.29, 1.82) is 0 Å². The summed E-state index contributed by atoms with van der Waals surface area (Å²) in [5.74, 6) is 0.878. The minimum atomic E-state index is -0.434. The molecule has 2 saturated heterocycles. The maximum Gasteiger partial charge on any atom is 0.263 e. The predicted molar refractivity (Wildman–Crippen MR) is 101 cm³/mol. The van der Waals surface area contributed by atoms with Crippen molar-refractivity contribution in [2.24, 2.45) is 5.41 Å². The van der Waals surface area contributed by atoms with Gasteiger partial charge >= 0.3 is 0 Å². The van der Waals surface area contributed by atoms with Crippen LogP contribution in [0.4, 0.5) is 0 Å². The van der Waals surface area contributed by atoms with E-state index in [1.165, 1.54) is 12.0 Å². The van der Waals surface area contributed by atoms with E-state index in [0.717, 1.165) is 44.8 Å². The van der Waals surface area contributed by atoms with E-state index in [2.05, 4.69) is 38.2 Å². The monoisotopic (exact) mass is 344 g/mol. The largest absolute Gasteiger partial charge is 0.481 e. The van der Waals surface area contributed by atoms with E-state index in [0.29, 0.717) is 5.41 Å². The Kier molecular flexibility index (Phi) is 5.10. The fraction of sp³-hybridized carbons (Fsp3) is 0.667. The molecular weight excluding hydrogens is 312 g/mol. The molecule has 1 atom stereocenters. The van der Waals surface area contributed by atoms with Crippen molar-refractivity contribution in [1.82, 2.24) is 10.2 Å². The van der Waals surface area contributed by atoms with Gasteiger partial charge in [-0.1, -0.05) is 32.9 Å². The summed E-state index contributed by atoms with van der Waals surface area (Å²) >= 11 is 0. The van der Waals surface area contributed by atoms with Gasteiger partial charge in [0.1, 0.15) is 5.75 Å². The third-order valence-electron chi connectivity index (χ3n) is 5.85. The van der Waals surface area contributed by atoms with Crippen LogP contribution < -0.4 is 10.1 Å². The Morgan fingerprint density at radius 3 is 2.32 bits per heavy atom. The number of nitrogens with one attached hydrogen (secondary N) is 1. The van der Waals surface area contributed by atoms with Crippen molar-refractivity contribution < 1.29 is 9.53 Å². The summed E-state index contributed by atoms with van der Waals surface area (Å²) in [5.41, 5.74) is 1.83. The van der Waals surface area contributed by atoms with Crippen molar-refractivity contribution >= 4 is 5.91 Å². The van der Waals surface area contributed by atoms with Crippen molar-refractivity contribution in [3.63, 3.8) is 0 Å². The summed E-state index contributed by atoms with van der Waals surface area (Å²) < 4.78 is 5.91. The summed E-state index contributed by atoms with van der Waals surface area (Å²) in [6.45, 7) is 12.4. The van der Waals surface area contributed by atoms with E-state index < -0.39 is 6.10 Å². The number of carbonyl (C=O) groups is 1. The highest BCUT2D eigenvalue weighted by Gasteiger charge is 2.38. The molecule has 1 N–H and O–H groups in total. The lowest BCUT2D eigenvalue weighted by Gasteiger charge is -2.39. The molecule has 1 aromatic rings. The molecule has 138 valence electrons. The van der Waals surface area contributed by atoms with Gasteiger partial charge in [0, 0.05) is 19.6 Å². The van der Waals surface area contributed by atoms with Gasteiger partial charge in [0.25, 0.3) is 5.91 Å². The first kappa shape index (κ1) is 18.2. The second kappa shape index (κ2) is 6.99. The smallest absolute Gasteiger partial charge is 0.263 e. The van der Waals surface area contributed by atoms with Crippen LogP contribution in [0.15, 0.2) is 24.3 Å². The van der Waals surface area contributed by atoms with Crippen LogP contribution in [0.1, 0.15) is 52.5 Å². The number of nitrogens with zero attached hydrogens (tertiary/aromatic N) is 1. The molecule has 3 rings (SSSR count). The number of likely N-dealkylation sites (tertiary alicyclic amines) is 1. The molecule has 4 heteroatoms. The van der Waals surface area contributed by atoms with E-state index >= 15 is 0 Å². The van der Waals surface area contributed by atoms with Crippen molar-refractivity contribution in [3.8, 4) is 5.75 Å². The third-order valence-corrected chi connectivity index (χ3v) is 5.85. The van der Waals surface area contributed by atoms with Crippen LogP contribution in [0.3, 0.4) is 0 Å². The molecule has 25 heavy (non-hydrogen) atoms.